The van der Waals surface area contributed by atoms with Crippen LogP contribution in [-0.2, 0) is 0 Å². The van der Waals surface area contributed by atoms with Gasteiger partial charge >= 0.3 is 0 Å². The third kappa shape index (κ3) is 5.99. The third-order valence-electron chi connectivity index (χ3n) is 9.13. The Morgan fingerprint density at radius 1 is 0.650 bits per heavy atom. The quantitative estimate of drug-likeness (QED) is 0.210. The first-order valence-corrected chi connectivity index (χ1v) is 14.8. The Labute approximate surface area is 235 Å². The van der Waals surface area contributed by atoms with E-state index in [0.29, 0.717) is 23.1 Å². The van der Waals surface area contributed by atoms with Gasteiger partial charge in [0.1, 0.15) is 0 Å². The molecule has 0 unspecified atom stereocenters. The Morgan fingerprint density at radius 2 is 1.18 bits per heavy atom. The summed E-state index contributed by atoms with van der Waals surface area (Å²) in [5.41, 5.74) is 1.61. The maximum absolute atomic E-state index is 15.3. The van der Waals surface area contributed by atoms with Crippen molar-refractivity contribution in [2.45, 2.75) is 77.6 Å². The lowest BCUT2D eigenvalue weighted by Gasteiger charge is -2.37. The van der Waals surface area contributed by atoms with Gasteiger partial charge < -0.3 is 4.74 Å². The predicted molar refractivity (Wildman–Crippen MR) is 153 cm³/mol. The fourth-order valence-electron chi connectivity index (χ4n) is 6.65. The standard InChI is InChI=1S/C35H38F4O/c1-3-4-21-40-31-20-19-30(34(38)35(31)39)27-15-13-26(14-16-27)29-18-17-28(32(36)33(29)37)25-11-9-24(10-12-25)23-7-5-22(2)6-8-23/h4,13-25H,3,5-12H2,1-2H3/b21-4-. The molecule has 2 aliphatic carbocycles. The highest BCUT2D eigenvalue weighted by Gasteiger charge is 2.32. The number of allylic oxidation sites excluding steroid dienone is 1. The van der Waals surface area contributed by atoms with Crippen LogP contribution in [0.5, 0.6) is 5.75 Å². The van der Waals surface area contributed by atoms with Crippen LogP contribution in [0, 0.1) is 41.0 Å². The van der Waals surface area contributed by atoms with Gasteiger partial charge in [-0.15, -0.1) is 0 Å². The molecule has 40 heavy (non-hydrogen) atoms. The van der Waals surface area contributed by atoms with Crippen molar-refractivity contribution in [1.82, 2.24) is 0 Å². The highest BCUT2D eigenvalue weighted by molar-refractivity contribution is 5.72. The number of halogens is 4. The average molecular weight is 551 g/mol. The van der Waals surface area contributed by atoms with E-state index in [2.05, 4.69) is 6.92 Å². The van der Waals surface area contributed by atoms with Gasteiger partial charge in [-0.1, -0.05) is 63.1 Å². The van der Waals surface area contributed by atoms with E-state index in [1.807, 2.05) is 6.92 Å². The fourth-order valence-corrected chi connectivity index (χ4v) is 6.65. The van der Waals surface area contributed by atoms with Crippen molar-refractivity contribution in [3.8, 4) is 28.0 Å². The molecule has 2 aliphatic rings. The molecule has 5 heteroatoms. The fraction of sp³-hybridized carbons (Fsp3) is 0.429. The molecule has 0 spiro atoms. The predicted octanol–water partition coefficient (Wildman–Crippen LogP) is 11.0. The van der Waals surface area contributed by atoms with Crippen molar-refractivity contribution >= 4 is 0 Å². The maximum Gasteiger partial charge on any atom is 0.201 e. The summed E-state index contributed by atoms with van der Waals surface area (Å²) in [6.45, 7) is 4.24. The lowest BCUT2D eigenvalue weighted by atomic mass is 9.68. The zero-order chi connectivity index (χ0) is 28.2. The number of benzene rings is 3. The normalized spacial score (nSPS) is 23.4. The van der Waals surface area contributed by atoms with E-state index in [0.717, 1.165) is 43.4 Å². The van der Waals surface area contributed by atoms with Crippen LogP contribution in [0.15, 0.2) is 60.9 Å². The summed E-state index contributed by atoms with van der Waals surface area (Å²) < 4.78 is 65.1. The van der Waals surface area contributed by atoms with Crippen LogP contribution in [-0.4, -0.2) is 0 Å². The van der Waals surface area contributed by atoms with E-state index < -0.39 is 23.3 Å². The summed E-state index contributed by atoms with van der Waals surface area (Å²) in [7, 11) is 0. The van der Waals surface area contributed by atoms with Gasteiger partial charge in [0.25, 0.3) is 0 Å². The van der Waals surface area contributed by atoms with Gasteiger partial charge in [0.05, 0.1) is 6.26 Å². The molecule has 0 aliphatic heterocycles. The first-order chi connectivity index (χ1) is 19.4. The summed E-state index contributed by atoms with van der Waals surface area (Å²) in [4.78, 5) is 0. The van der Waals surface area contributed by atoms with Crippen molar-refractivity contribution in [3.63, 3.8) is 0 Å². The van der Waals surface area contributed by atoms with Crippen LogP contribution in [0.3, 0.4) is 0 Å². The number of hydrogen-bond acceptors (Lipinski definition) is 1. The molecule has 0 N–H and O–H groups in total. The maximum atomic E-state index is 15.3. The minimum absolute atomic E-state index is 0.0481. The average Bonchev–Trinajstić information content (AvgIpc) is 2.98. The highest BCUT2D eigenvalue weighted by Crippen LogP contribution is 2.45. The molecular weight excluding hydrogens is 512 g/mol. The first-order valence-electron chi connectivity index (χ1n) is 14.8. The van der Waals surface area contributed by atoms with Crippen LogP contribution in [0.4, 0.5) is 17.6 Å². The molecule has 2 saturated carbocycles. The summed E-state index contributed by atoms with van der Waals surface area (Å²) in [6, 6.07) is 12.6. The molecule has 0 heterocycles. The van der Waals surface area contributed by atoms with E-state index in [4.69, 9.17) is 4.74 Å². The van der Waals surface area contributed by atoms with Crippen molar-refractivity contribution in [2.75, 3.05) is 0 Å². The SMILES string of the molecule is CC/C=C\Oc1ccc(-c2ccc(-c3ccc(C4CCC(C5CCC(C)CC5)CC4)c(F)c3F)cc2)c(F)c1F. The molecule has 0 atom stereocenters. The van der Waals surface area contributed by atoms with Crippen molar-refractivity contribution in [1.29, 1.82) is 0 Å². The molecule has 3 aromatic rings. The Hall–Kier alpha value is -3.08. The second-order valence-corrected chi connectivity index (χ2v) is 11.7. The van der Waals surface area contributed by atoms with Crippen LogP contribution in [0.1, 0.15) is 83.1 Å². The molecule has 1 nitrogen and oxygen atoms in total. The molecular formula is C35H38F4O. The Morgan fingerprint density at radius 3 is 1.75 bits per heavy atom. The van der Waals surface area contributed by atoms with Crippen LogP contribution < -0.4 is 4.74 Å². The summed E-state index contributed by atoms with van der Waals surface area (Å²) in [5, 5.41) is 0. The van der Waals surface area contributed by atoms with Gasteiger partial charge in [-0.05, 0) is 104 Å². The second-order valence-electron chi connectivity index (χ2n) is 11.7. The van der Waals surface area contributed by atoms with Gasteiger partial charge in [-0.25, -0.2) is 13.2 Å². The lowest BCUT2D eigenvalue weighted by molar-refractivity contribution is 0.164. The topological polar surface area (TPSA) is 9.23 Å². The Kier molecular flexibility index (Phi) is 8.97. The van der Waals surface area contributed by atoms with Crippen molar-refractivity contribution in [3.05, 3.63) is 89.7 Å². The van der Waals surface area contributed by atoms with Crippen LogP contribution in [0.2, 0.25) is 0 Å². The molecule has 0 aromatic heterocycles. The van der Waals surface area contributed by atoms with E-state index in [-0.39, 0.29) is 22.8 Å². The summed E-state index contributed by atoms with van der Waals surface area (Å²) in [6.07, 6.45) is 13.0. The van der Waals surface area contributed by atoms with E-state index in [1.54, 1.807) is 42.5 Å². The van der Waals surface area contributed by atoms with Gasteiger partial charge in [0, 0.05) is 11.1 Å². The molecule has 5 rings (SSSR count). The highest BCUT2D eigenvalue weighted by atomic mass is 19.2. The molecule has 3 aromatic carbocycles. The first kappa shape index (κ1) is 28.4. The summed E-state index contributed by atoms with van der Waals surface area (Å²) in [5.74, 6) is -1.52. The molecule has 212 valence electrons. The lowest BCUT2D eigenvalue weighted by Crippen LogP contribution is -2.25. The molecule has 2 fully saturated rings. The van der Waals surface area contributed by atoms with Gasteiger partial charge in [0.15, 0.2) is 23.2 Å². The van der Waals surface area contributed by atoms with E-state index in [9.17, 15) is 8.78 Å². The molecule has 0 saturated heterocycles. The van der Waals surface area contributed by atoms with Crippen LogP contribution >= 0.6 is 0 Å². The second kappa shape index (κ2) is 12.6. The molecule has 0 amide bonds. The number of hydrogen-bond donors (Lipinski definition) is 0. The summed E-state index contributed by atoms with van der Waals surface area (Å²) >= 11 is 0. The smallest absolute Gasteiger partial charge is 0.201 e. The number of ether oxygens (including phenoxy) is 1. The molecule has 0 bridgehead atoms. The van der Waals surface area contributed by atoms with Crippen molar-refractivity contribution in [2.24, 2.45) is 17.8 Å². The van der Waals surface area contributed by atoms with Crippen molar-refractivity contribution < 1.29 is 22.3 Å². The zero-order valence-corrected chi connectivity index (χ0v) is 23.4. The molecule has 0 radical (unpaired) electrons. The Bertz CT molecular complexity index is 1330. The van der Waals surface area contributed by atoms with Crippen LogP contribution in [0.25, 0.3) is 22.3 Å². The van der Waals surface area contributed by atoms with Gasteiger partial charge in [0.2, 0.25) is 5.82 Å². The van der Waals surface area contributed by atoms with Gasteiger partial charge in [-0.3, -0.25) is 0 Å². The number of rotatable bonds is 7. The third-order valence-corrected chi connectivity index (χ3v) is 9.13. The minimum atomic E-state index is -1.08. The van der Waals surface area contributed by atoms with E-state index >= 15 is 8.78 Å². The van der Waals surface area contributed by atoms with Gasteiger partial charge in [-0.2, -0.15) is 4.39 Å². The van der Waals surface area contributed by atoms with E-state index in [1.165, 1.54) is 44.1 Å². The Balaban J connectivity index is 1.28. The largest absolute Gasteiger partial charge is 0.462 e. The monoisotopic (exact) mass is 550 g/mol. The minimum Gasteiger partial charge on any atom is -0.462 e. The zero-order valence-electron chi connectivity index (χ0n) is 23.4.